The van der Waals surface area contributed by atoms with Crippen molar-refractivity contribution in [3.05, 3.63) is 44.2 Å². The molecule has 0 atom stereocenters. The van der Waals surface area contributed by atoms with Gasteiger partial charge in [-0.25, -0.2) is 23.1 Å². The van der Waals surface area contributed by atoms with E-state index in [1.807, 2.05) is 11.4 Å². The number of unbranched alkanes of at least 4 members (excludes halogenated alkanes) is 1. The van der Waals surface area contributed by atoms with Gasteiger partial charge >= 0.3 is 0 Å². The van der Waals surface area contributed by atoms with Gasteiger partial charge in [-0.15, -0.1) is 23.7 Å². The highest BCUT2D eigenvalue weighted by Crippen LogP contribution is 2.37. The van der Waals surface area contributed by atoms with Crippen LogP contribution in [0.2, 0.25) is 10.0 Å². The Bertz CT molecular complexity index is 1300. The van der Waals surface area contributed by atoms with E-state index in [-0.39, 0.29) is 42.0 Å². The molecule has 0 unspecified atom stereocenters. The van der Waals surface area contributed by atoms with Crippen molar-refractivity contribution >= 4 is 85.2 Å². The number of nitrogens with zero attached hydrogens (tertiary/aromatic N) is 3. The van der Waals surface area contributed by atoms with Gasteiger partial charge in [-0.1, -0.05) is 47.9 Å². The molecule has 0 fully saturated rings. The lowest BCUT2D eigenvalue weighted by molar-refractivity contribution is 0.102. The van der Waals surface area contributed by atoms with Crippen molar-refractivity contribution in [2.45, 2.75) is 26.3 Å². The maximum Gasteiger partial charge on any atom is 0.259 e. The van der Waals surface area contributed by atoms with E-state index in [0.29, 0.717) is 22.5 Å². The van der Waals surface area contributed by atoms with E-state index in [2.05, 4.69) is 39.2 Å². The predicted molar refractivity (Wildman–Crippen MR) is 157 cm³/mol. The Hall–Kier alpha value is -1.51. The third-order valence-electron chi connectivity index (χ3n) is 4.91. The first-order valence-corrected chi connectivity index (χ1v) is 15.5. The molecular weight excluding hydrogens is 599 g/mol. The average Bonchev–Trinajstić information content (AvgIpc) is 3.41. The van der Waals surface area contributed by atoms with Crippen LogP contribution in [0.25, 0.3) is 10.6 Å². The van der Waals surface area contributed by atoms with Gasteiger partial charge in [0.25, 0.3) is 5.91 Å². The van der Waals surface area contributed by atoms with Crippen LogP contribution in [0.3, 0.4) is 0 Å². The summed E-state index contributed by atoms with van der Waals surface area (Å²) >= 11 is 15.4. The molecule has 0 aliphatic rings. The summed E-state index contributed by atoms with van der Waals surface area (Å²) in [5.74, 6) is -0.0304. The minimum absolute atomic E-state index is 0. The van der Waals surface area contributed by atoms with Crippen LogP contribution >= 0.6 is 58.3 Å². The van der Waals surface area contributed by atoms with E-state index in [1.165, 1.54) is 34.9 Å². The van der Waals surface area contributed by atoms with Crippen LogP contribution in [-0.4, -0.2) is 62.1 Å². The third-order valence-corrected chi connectivity index (χ3v) is 8.17. The first-order valence-electron chi connectivity index (χ1n) is 11.1. The van der Waals surface area contributed by atoms with Crippen molar-refractivity contribution in [3.63, 3.8) is 0 Å². The number of amides is 1. The Labute approximate surface area is 241 Å². The van der Waals surface area contributed by atoms with Gasteiger partial charge in [0, 0.05) is 36.1 Å². The number of nitrogens with one attached hydrogen (secondary N) is 3. The molecule has 0 saturated carbocycles. The maximum absolute atomic E-state index is 12.9. The summed E-state index contributed by atoms with van der Waals surface area (Å²) in [6, 6.07) is 3.38. The van der Waals surface area contributed by atoms with E-state index in [0.717, 1.165) is 41.1 Å². The number of hydrogen-bond donors (Lipinski definition) is 3. The second-order valence-electron chi connectivity index (χ2n) is 8.11. The Balaban J connectivity index is 0.00000481. The topological polar surface area (TPSA) is 116 Å². The number of thiazole rings is 1. The fourth-order valence-corrected chi connectivity index (χ4v) is 6.09. The highest BCUT2D eigenvalue weighted by atomic mass is 35.5. The predicted octanol–water partition coefficient (Wildman–Crippen LogP) is 5.44. The summed E-state index contributed by atoms with van der Waals surface area (Å²) in [7, 11) is -1.21. The minimum Gasteiger partial charge on any atom is -0.368 e. The number of carbonyl (C=O) groups is 1. The first kappa shape index (κ1) is 31.7. The highest BCUT2D eigenvalue weighted by Gasteiger charge is 2.19. The van der Waals surface area contributed by atoms with Crippen LogP contribution < -0.4 is 15.4 Å². The van der Waals surface area contributed by atoms with E-state index in [1.54, 1.807) is 0 Å². The van der Waals surface area contributed by atoms with E-state index in [9.17, 15) is 13.2 Å². The lowest BCUT2D eigenvalue weighted by Crippen LogP contribution is -2.27. The van der Waals surface area contributed by atoms with E-state index in [4.69, 9.17) is 28.2 Å². The van der Waals surface area contributed by atoms with Gasteiger partial charge in [0.2, 0.25) is 10.0 Å². The smallest absolute Gasteiger partial charge is 0.259 e. The maximum atomic E-state index is 12.9. The van der Waals surface area contributed by atoms with Crippen molar-refractivity contribution in [2.24, 2.45) is 0 Å². The molecule has 3 heterocycles. The molecule has 0 radical (unpaired) electrons. The van der Waals surface area contributed by atoms with Crippen LogP contribution in [0.15, 0.2) is 23.7 Å². The van der Waals surface area contributed by atoms with E-state index < -0.39 is 10.0 Å². The monoisotopic (exact) mass is 626 g/mol. The molecule has 1 amide bonds. The van der Waals surface area contributed by atoms with Gasteiger partial charge in [0.1, 0.15) is 5.82 Å². The number of aromatic nitrogens is 2. The fourth-order valence-electron chi connectivity index (χ4n) is 3.17. The average molecular weight is 628 g/mol. The zero-order chi connectivity index (χ0) is 26.3. The van der Waals surface area contributed by atoms with Crippen molar-refractivity contribution < 1.29 is 13.2 Å². The van der Waals surface area contributed by atoms with Gasteiger partial charge in [-0.3, -0.25) is 10.1 Å². The van der Waals surface area contributed by atoms with Crippen LogP contribution in [0, 0.1) is 0 Å². The molecule has 3 rings (SSSR count). The lowest BCUT2D eigenvalue weighted by Gasteiger charge is -2.15. The fraction of sp³-hybridized carbons (Fsp3) is 0.409. The number of rotatable bonds is 13. The standard InChI is InChI=1S/C22H28Cl2N6O3S3.ClH/c1-4-5-8-30(2)12-18-19(17-10-15(23)13-34-17)28-22(35-18)29-21(31)14-9-16(24)20(26-11-14)25-6-7-27-36(3,32)33;/h9-11,13,27H,4-8,12H2,1-3H3,(H,25,26)(H,28,29,31);1H. The number of anilines is 2. The summed E-state index contributed by atoms with van der Waals surface area (Å²) in [5, 5.41) is 9.03. The summed E-state index contributed by atoms with van der Waals surface area (Å²) in [6.07, 6.45) is 4.71. The largest absolute Gasteiger partial charge is 0.368 e. The summed E-state index contributed by atoms with van der Waals surface area (Å²) in [5.41, 5.74) is 1.09. The number of hydrogen-bond acceptors (Lipinski definition) is 9. The number of thiophene rings is 1. The van der Waals surface area contributed by atoms with Gasteiger partial charge < -0.3 is 10.2 Å². The summed E-state index contributed by atoms with van der Waals surface area (Å²) < 4.78 is 24.7. The second kappa shape index (κ2) is 14.6. The molecule has 3 aromatic rings. The lowest BCUT2D eigenvalue weighted by atomic mass is 10.2. The van der Waals surface area contributed by atoms with E-state index >= 15 is 0 Å². The van der Waals surface area contributed by atoms with Crippen LogP contribution in [0.1, 0.15) is 35.0 Å². The molecule has 3 N–H and O–H groups in total. The van der Waals surface area contributed by atoms with Gasteiger partial charge in [0.15, 0.2) is 5.13 Å². The van der Waals surface area contributed by atoms with Gasteiger partial charge in [-0.2, -0.15) is 0 Å². The van der Waals surface area contributed by atoms with Crippen molar-refractivity contribution in [2.75, 3.05) is 43.6 Å². The number of pyridine rings is 1. The highest BCUT2D eigenvalue weighted by molar-refractivity contribution is 7.88. The quantitative estimate of drug-likeness (QED) is 0.216. The van der Waals surface area contributed by atoms with Crippen molar-refractivity contribution in [1.29, 1.82) is 0 Å². The molecule has 9 nitrogen and oxygen atoms in total. The molecule has 0 saturated heterocycles. The Kier molecular flexibility index (Phi) is 12.5. The van der Waals surface area contributed by atoms with Crippen LogP contribution in [0.4, 0.5) is 10.9 Å². The Morgan fingerprint density at radius 2 is 1.97 bits per heavy atom. The first-order chi connectivity index (χ1) is 17.1. The molecule has 204 valence electrons. The summed E-state index contributed by atoms with van der Waals surface area (Å²) in [6.45, 7) is 4.30. The molecule has 37 heavy (non-hydrogen) atoms. The zero-order valence-electron chi connectivity index (χ0n) is 20.5. The molecule has 15 heteroatoms. The molecule has 0 spiro atoms. The van der Waals surface area contributed by atoms with Crippen LogP contribution in [0.5, 0.6) is 0 Å². The van der Waals surface area contributed by atoms with Crippen molar-refractivity contribution in [3.8, 4) is 10.6 Å². The normalized spacial score (nSPS) is 11.4. The zero-order valence-corrected chi connectivity index (χ0v) is 25.3. The number of sulfonamides is 1. The molecule has 0 aliphatic heterocycles. The molecule has 0 aliphatic carbocycles. The van der Waals surface area contributed by atoms with Crippen LogP contribution in [-0.2, 0) is 16.6 Å². The Morgan fingerprint density at radius 3 is 2.59 bits per heavy atom. The Morgan fingerprint density at radius 1 is 1.22 bits per heavy atom. The molecule has 0 bridgehead atoms. The third kappa shape index (κ3) is 9.95. The van der Waals surface area contributed by atoms with Gasteiger partial charge in [0.05, 0.1) is 32.4 Å². The molecule has 3 aromatic heterocycles. The summed E-state index contributed by atoms with van der Waals surface area (Å²) in [4.78, 5) is 26.0. The number of halogens is 3. The molecular formula is C22H29Cl3N6O3S3. The minimum atomic E-state index is -3.28. The van der Waals surface area contributed by atoms with Gasteiger partial charge in [-0.05, 0) is 32.1 Å². The SMILES string of the molecule is CCCCN(C)Cc1sc(NC(=O)c2cnc(NCCNS(C)(=O)=O)c(Cl)c2)nc1-c1cc(Cl)cs1.Cl. The second-order valence-corrected chi connectivity index (χ2v) is 12.8. The number of carbonyl (C=O) groups excluding carboxylic acids is 1. The molecule has 0 aromatic carbocycles. The van der Waals surface area contributed by atoms with Crippen molar-refractivity contribution in [1.82, 2.24) is 19.6 Å².